The lowest BCUT2D eigenvalue weighted by Gasteiger charge is -2.12. The number of phenolic OH excluding ortho intramolecular Hbond substituents is 1. The first-order chi connectivity index (χ1) is 7.75. The summed E-state index contributed by atoms with van der Waals surface area (Å²) in [5.41, 5.74) is 8.36. The zero-order chi connectivity index (χ0) is 11.4. The van der Waals surface area contributed by atoms with Crippen LogP contribution in [0.1, 0.15) is 17.2 Å². The SMILES string of the molecule is NC(Cc1ccccc1)c1ccc(O)cc1. The fourth-order valence-corrected chi connectivity index (χ4v) is 1.71. The van der Waals surface area contributed by atoms with Gasteiger partial charge in [-0.05, 0) is 29.7 Å². The predicted molar refractivity (Wildman–Crippen MR) is 65.2 cm³/mol. The molecule has 2 nitrogen and oxygen atoms in total. The first-order valence-electron chi connectivity index (χ1n) is 5.34. The second kappa shape index (κ2) is 4.81. The van der Waals surface area contributed by atoms with Gasteiger partial charge in [0.2, 0.25) is 0 Å². The van der Waals surface area contributed by atoms with Gasteiger partial charge in [0.05, 0.1) is 0 Å². The molecule has 0 aliphatic heterocycles. The van der Waals surface area contributed by atoms with Gasteiger partial charge in [-0.1, -0.05) is 42.5 Å². The number of nitrogens with two attached hydrogens (primary N) is 1. The lowest BCUT2D eigenvalue weighted by Crippen LogP contribution is -2.12. The molecule has 2 heteroatoms. The monoisotopic (exact) mass is 213 g/mol. The van der Waals surface area contributed by atoms with Crippen molar-refractivity contribution in [1.29, 1.82) is 0 Å². The van der Waals surface area contributed by atoms with Crippen molar-refractivity contribution in [2.24, 2.45) is 5.73 Å². The zero-order valence-corrected chi connectivity index (χ0v) is 9.01. The Morgan fingerprint density at radius 2 is 1.56 bits per heavy atom. The molecular weight excluding hydrogens is 198 g/mol. The van der Waals surface area contributed by atoms with Crippen molar-refractivity contribution in [1.82, 2.24) is 0 Å². The highest BCUT2D eigenvalue weighted by Crippen LogP contribution is 2.18. The number of hydrogen-bond donors (Lipinski definition) is 2. The van der Waals surface area contributed by atoms with Crippen molar-refractivity contribution >= 4 is 0 Å². The molecule has 2 aromatic rings. The Labute approximate surface area is 95.4 Å². The maximum Gasteiger partial charge on any atom is 0.115 e. The van der Waals surface area contributed by atoms with E-state index >= 15 is 0 Å². The van der Waals surface area contributed by atoms with Gasteiger partial charge in [0, 0.05) is 6.04 Å². The van der Waals surface area contributed by atoms with Crippen LogP contribution in [0.2, 0.25) is 0 Å². The summed E-state index contributed by atoms with van der Waals surface area (Å²) < 4.78 is 0. The molecule has 1 unspecified atom stereocenters. The summed E-state index contributed by atoms with van der Waals surface area (Å²) >= 11 is 0. The van der Waals surface area contributed by atoms with Crippen LogP contribution in [-0.2, 0) is 6.42 Å². The van der Waals surface area contributed by atoms with E-state index in [0.717, 1.165) is 12.0 Å². The van der Waals surface area contributed by atoms with Crippen molar-refractivity contribution in [2.45, 2.75) is 12.5 Å². The van der Waals surface area contributed by atoms with Crippen LogP contribution in [0.25, 0.3) is 0 Å². The predicted octanol–water partition coefficient (Wildman–Crippen LogP) is 2.63. The quantitative estimate of drug-likeness (QED) is 0.823. The van der Waals surface area contributed by atoms with E-state index in [1.54, 1.807) is 12.1 Å². The Kier molecular flexibility index (Phi) is 3.22. The minimum absolute atomic E-state index is 0.0250. The molecule has 0 aliphatic carbocycles. The minimum atomic E-state index is -0.0250. The highest BCUT2D eigenvalue weighted by atomic mass is 16.3. The minimum Gasteiger partial charge on any atom is -0.508 e. The molecule has 16 heavy (non-hydrogen) atoms. The largest absolute Gasteiger partial charge is 0.508 e. The van der Waals surface area contributed by atoms with Crippen LogP contribution in [0.3, 0.4) is 0 Å². The third kappa shape index (κ3) is 2.61. The van der Waals surface area contributed by atoms with Crippen LogP contribution in [0, 0.1) is 0 Å². The van der Waals surface area contributed by atoms with Gasteiger partial charge in [-0.25, -0.2) is 0 Å². The molecular formula is C14H15NO. The van der Waals surface area contributed by atoms with E-state index in [9.17, 15) is 5.11 Å². The second-order valence-electron chi connectivity index (χ2n) is 3.89. The van der Waals surface area contributed by atoms with Crippen LogP contribution in [0.4, 0.5) is 0 Å². The summed E-state index contributed by atoms with van der Waals surface area (Å²) in [7, 11) is 0. The van der Waals surface area contributed by atoms with Crippen LogP contribution < -0.4 is 5.73 Å². The normalized spacial score (nSPS) is 12.3. The van der Waals surface area contributed by atoms with E-state index in [0.29, 0.717) is 0 Å². The molecule has 1 atom stereocenters. The first-order valence-corrected chi connectivity index (χ1v) is 5.34. The number of phenols is 1. The highest BCUT2D eigenvalue weighted by Gasteiger charge is 2.06. The summed E-state index contributed by atoms with van der Waals surface area (Å²) in [6, 6.07) is 17.2. The van der Waals surface area contributed by atoms with E-state index in [2.05, 4.69) is 12.1 Å². The van der Waals surface area contributed by atoms with Crippen LogP contribution in [-0.4, -0.2) is 5.11 Å². The van der Waals surface area contributed by atoms with Gasteiger partial charge in [0.1, 0.15) is 5.75 Å². The van der Waals surface area contributed by atoms with E-state index in [1.807, 2.05) is 30.3 Å². The van der Waals surface area contributed by atoms with E-state index in [1.165, 1.54) is 5.56 Å². The van der Waals surface area contributed by atoms with Gasteiger partial charge in [-0.2, -0.15) is 0 Å². The number of hydrogen-bond acceptors (Lipinski definition) is 2. The van der Waals surface area contributed by atoms with E-state index in [-0.39, 0.29) is 11.8 Å². The van der Waals surface area contributed by atoms with Crippen LogP contribution in [0.5, 0.6) is 5.75 Å². The smallest absolute Gasteiger partial charge is 0.115 e. The van der Waals surface area contributed by atoms with Crippen LogP contribution >= 0.6 is 0 Å². The van der Waals surface area contributed by atoms with Crippen molar-refractivity contribution in [3.05, 3.63) is 65.7 Å². The summed E-state index contributed by atoms with van der Waals surface area (Å²) in [4.78, 5) is 0. The molecule has 0 saturated heterocycles. The van der Waals surface area contributed by atoms with Crippen molar-refractivity contribution in [3.63, 3.8) is 0 Å². The molecule has 0 spiro atoms. The van der Waals surface area contributed by atoms with E-state index in [4.69, 9.17) is 5.73 Å². The Hall–Kier alpha value is -1.80. The van der Waals surface area contributed by atoms with Gasteiger partial charge in [-0.15, -0.1) is 0 Å². The zero-order valence-electron chi connectivity index (χ0n) is 9.01. The molecule has 0 amide bonds. The van der Waals surface area contributed by atoms with Crippen LogP contribution in [0.15, 0.2) is 54.6 Å². The topological polar surface area (TPSA) is 46.2 Å². The molecule has 0 saturated carbocycles. The molecule has 2 rings (SSSR count). The molecule has 0 radical (unpaired) electrons. The fourth-order valence-electron chi connectivity index (χ4n) is 1.71. The molecule has 0 aromatic heterocycles. The Balaban J connectivity index is 2.09. The molecule has 2 aromatic carbocycles. The summed E-state index contributed by atoms with van der Waals surface area (Å²) in [5.74, 6) is 0.274. The molecule has 0 aliphatic rings. The maximum atomic E-state index is 9.19. The van der Waals surface area contributed by atoms with Gasteiger partial charge in [0.25, 0.3) is 0 Å². The molecule has 0 bridgehead atoms. The lowest BCUT2D eigenvalue weighted by molar-refractivity contribution is 0.475. The molecule has 3 N–H and O–H groups in total. The Bertz CT molecular complexity index is 436. The molecule has 82 valence electrons. The third-order valence-electron chi connectivity index (χ3n) is 2.62. The Morgan fingerprint density at radius 1 is 0.938 bits per heavy atom. The maximum absolute atomic E-state index is 9.19. The molecule has 0 fully saturated rings. The van der Waals surface area contributed by atoms with Crippen molar-refractivity contribution < 1.29 is 5.11 Å². The van der Waals surface area contributed by atoms with Gasteiger partial charge in [-0.3, -0.25) is 0 Å². The van der Waals surface area contributed by atoms with Gasteiger partial charge < -0.3 is 10.8 Å². The average molecular weight is 213 g/mol. The lowest BCUT2D eigenvalue weighted by atomic mass is 10.00. The number of aromatic hydroxyl groups is 1. The summed E-state index contributed by atoms with van der Waals surface area (Å²) in [6.07, 6.45) is 0.811. The summed E-state index contributed by atoms with van der Waals surface area (Å²) in [5, 5.41) is 9.19. The standard InChI is InChI=1S/C14H15NO/c15-14(10-11-4-2-1-3-5-11)12-6-8-13(16)9-7-12/h1-9,14,16H,10,15H2. The molecule has 0 heterocycles. The van der Waals surface area contributed by atoms with E-state index < -0.39 is 0 Å². The fraction of sp³-hybridized carbons (Fsp3) is 0.143. The third-order valence-corrected chi connectivity index (χ3v) is 2.62. The van der Waals surface area contributed by atoms with Crippen molar-refractivity contribution in [3.8, 4) is 5.75 Å². The van der Waals surface area contributed by atoms with Gasteiger partial charge >= 0.3 is 0 Å². The average Bonchev–Trinajstić information content (AvgIpc) is 2.31. The number of benzene rings is 2. The highest BCUT2D eigenvalue weighted by molar-refractivity contribution is 5.29. The van der Waals surface area contributed by atoms with Crippen molar-refractivity contribution in [2.75, 3.05) is 0 Å². The Morgan fingerprint density at radius 3 is 2.19 bits per heavy atom. The number of rotatable bonds is 3. The van der Waals surface area contributed by atoms with Gasteiger partial charge in [0.15, 0.2) is 0 Å². The second-order valence-corrected chi connectivity index (χ2v) is 3.89. The summed E-state index contributed by atoms with van der Waals surface area (Å²) in [6.45, 7) is 0. The first kappa shape index (κ1) is 10.7.